The summed E-state index contributed by atoms with van der Waals surface area (Å²) >= 11 is 0. The number of nitrogens with one attached hydrogen (secondary N) is 1. The third-order valence-electron chi connectivity index (χ3n) is 2.22. The molecule has 0 radical (unpaired) electrons. The zero-order chi connectivity index (χ0) is 9.14. The summed E-state index contributed by atoms with van der Waals surface area (Å²) in [6.45, 7) is 6.06. The van der Waals surface area contributed by atoms with E-state index in [4.69, 9.17) is 0 Å². The van der Waals surface area contributed by atoms with Crippen molar-refractivity contribution in [2.24, 2.45) is 5.92 Å². The predicted octanol–water partition coefficient (Wildman–Crippen LogP) is 0.463. The van der Waals surface area contributed by atoms with Gasteiger partial charge in [0.25, 0.3) is 0 Å². The lowest BCUT2D eigenvalue weighted by atomic mass is 10.0. The molecule has 3 heteroatoms. The van der Waals surface area contributed by atoms with Gasteiger partial charge >= 0.3 is 0 Å². The van der Waals surface area contributed by atoms with Gasteiger partial charge in [-0.05, 0) is 12.3 Å². The van der Waals surface area contributed by atoms with Gasteiger partial charge in [0, 0.05) is 20.1 Å². The Kier molecular flexibility index (Phi) is 3.09. The molecule has 0 spiro atoms. The number of nitrogens with zero attached hydrogens (tertiary/aromatic N) is 1. The van der Waals surface area contributed by atoms with Crippen LogP contribution in [0.4, 0.5) is 0 Å². The molecule has 0 aromatic rings. The van der Waals surface area contributed by atoms with Crippen molar-refractivity contribution in [3.63, 3.8) is 0 Å². The minimum absolute atomic E-state index is 0.0590. The molecule has 1 rings (SSSR count). The second-order valence-corrected chi connectivity index (χ2v) is 3.90. The van der Waals surface area contributed by atoms with E-state index in [-0.39, 0.29) is 11.9 Å². The SMILES string of the molecule is CC(C)C[C@@H]1NCCN(C)C1=O. The molecule has 0 aliphatic carbocycles. The fraction of sp³-hybridized carbons (Fsp3) is 0.889. The molecular weight excluding hydrogens is 152 g/mol. The van der Waals surface area contributed by atoms with Crippen LogP contribution in [0.3, 0.4) is 0 Å². The third-order valence-corrected chi connectivity index (χ3v) is 2.22. The smallest absolute Gasteiger partial charge is 0.239 e. The van der Waals surface area contributed by atoms with Gasteiger partial charge in [0.2, 0.25) is 5.91 Å². The monoisotopic (exact) mass is 170 g/mol. The quantitative estimate of drug-likeness (QED) is 0.653. The Labute approximate surface area is 74.1 Å². The van der Waals surface area contributed by atoms with Crippen molar-refractivity contribution < 1.29 is 4.79 Å². The largest absolute Gasteiger partial charge is 0.343 e. The van der Waals surface area contributed by atoms with E-state index in [0.717, 1.165) is 19.5 Å². The number of hydrogen-bond donors (Lipinski definition) is 1. The van der Waals surface area contributed by atoms with E-state index in [1.165, 1.54) is 0 Å². The van der Waals surface area contributed by atoms with Crippen molar-refractivity contribution in [1.82, 2.24) is 10.2 Å². The summed E-state index contributed by atoms with van der Waals surface area (Å²) in [4.78, 5) is 13.3. The van der Waals surface area contributed by atoms with Gasteiger partial charge in [-0.15, -0.1) is 0 Å². The maximum absolute atomic E-state index is 11.5. The molecule has 70 valence electrons. The van der Waals surface area contributed by atoms with Gasteiger partial charge in [-0.1, -0.05) is 13.8 Å². The molecule has 1 N–H and O–H groups in total. The highest BCUT2D eigenvalue weighted by atomic mass is 16.2. The average Bonchev–Trinajstić information content (AvgIpc) is 1.98. The minimum Gasteiger partial charge on any atom is -0.343 e. The molecule has 0 bridgehead atoms. The molecule has 1 aliphatic rings. The van der Waals surface area contributed by atoms with Crippen LogP contribution in [-0.4, -0.2) is 37.0 Å². The molecule has 1 saturated heterocycles. The van der Waals surface area contributed by atoms with Gasteiger partial charge in [0.05, 0.1) is 6.04 Å². The van der Waals surface area contributed by atoms with E-state index in [1.807, 2.05) is 11.9 Å². The van der Waals surface area contributed by atoms with Crippen molar-refractivity contribution in [3.05, 3.63) is 0 Å². The Morgan fingerprint density at radius 3 is 2.92 bits per heavy atom. The van der Waals surface area contributed by atoms with Crippen molar-refractivity contribution in [3.8, 4) is 0 Å². The standard InChI is InChI=1S/C9H18N2O/c1-7(2)6-8-9(12)11(3)5-4-10-8/h7-8,10H,4-6H2,1-3H3/t8-/m0/s1. The first-order chi connectivity index (χ1) is 5.61. The van der Waals surface area contributed by atoms with E-state index in [1.54, 1.807) is 0 Å². The Hall–Kier alpha value is -0.570. The second-order valence-electron chi connectivity index (χ2n) is 3.90. The molecule has 0 saturated carbocycles. The van der Waals surface area contributed by atoms with Gasteiger partial charge in [-0.25, -0.2) is 0 Å². The molecule has 1 atom stereocenters. The number of hydrogen-bond acceptors (Lipinski definition) is 2. The lowest BCUT2D eigenvalue weighted by Crippen LogP contribution is -2.53. The number of carbonyl (C=O) groups excluding carboxylic acids is 1. The fourth-order valence-corrected chi connectivity index (χ4v) is 1.53. The maximum Gasteiger partial charge on any atom is 0.239 e. The Bertz CT molecular complexity index is 168. The van der Waals surface area contributed by atoms with E-state index >= 15 is 0 Å². The van der Waals surface area contributed by atoms with Crippen LogP contribution in [0.1, 0.15) is 20.3 Å². The first-order valence-corrected chi connectivity index (χ1v) is 4.59. The molecular formula is C9H18N2O. The van der Waals surface area contributed by atoms with Gasteiger partial charge in [0.1, 0.15) is 0 Å². The van der Waals surface area contributed by atoms with Gasteiger partial charge in [-0.3, -0.25) is 4.79 Å². The highest BCUT2D eigenvalue weighted by molar-refractivity contribution is 5.82. The summed E-state index contributed by atoms with van der Waals surface area (Å²) in [5, 5.41) is 3.24. The molecule has 0 unspecified atom stereocenters. The minimum atomic E-state index is 0.0590. The van der Waals surface area contributed by atoms with E-state index < -0.39 is 0 Å². The van der Waals surface area contributed by atoms with Crippen LogP contribution in [0.5, 0.6) is 0 Å². The molecule has 1 heterocycles. The summed E-state index contributed by atoms with van der Waals surface area (Å²) in [7, 11) is 1.87. The Morgan fingerprint density at radius 1 is 1.67 bits per heavy atom. The summed E-state index contributed by atoms with van der Waals surface area (Å²) in [6, 6.07) is 0.0590. The highest BCUT2D eigenvalue weighted by Crippen LogP contribution is 2.09. The molecule has 12 heavy (non-hydrogen) atoms. The van der Waals surface area contributed by atoms with Crippen molar-refractivity contribution in [2.45, 2.75) is 26.3 Å². The Morgan fingerprint density at radius 2 is 2.33 bits per heavy atom. The highest BCUT2D eigenvalue weighted by Gasteiger charge is 2.25. The van der Waals surface area contributed by atoms with Gasteiger partial charge in [-0.2, -0.15) is 0 Å². The summed E-state index contributed by atoms with van der Waals surface area (Å²) in [6.07, 6.45) is 0.948. The van der Waals surface area contributed by atoms with Crippen LogP contribution in [0.15, 0.2) is 0 Å². The van der Waals surface area contributed by atoms with E-state index in [9.17, 15) is 4.79 Å². The first-order valence-electron chi connectivity index (χ1n) is 4.59. The molecule has 3 nitrogen and oxygen atoms in total. The molecule has 0 aromatic carbocycles. The molecule has 1 fully saturated rings. The fourth-order valence-electron chi connectivity index (χ4n) is 1.53. The summed E-state index contributed by atoms with van der Waals surface area (Å²) in [5.41, 5.74) is 0. The molecule has 0 aromatic heterocycles. The second kappa shape index (κ2) is 3.90. The van der Waals surface area contributed by atoms with Crippen LogP contribution >= 0.6 is 0 Å². The average molecular weight is 170 g/mol. The van der Waals surface area contributed by atoms with Crippen LogP contribution in [0.2, 0.25) is 0 Å². The van der Waals surface area contributed by atoms with Crippen molar-refractivity contribution in [1.29, 1.82) is 0 Å². The lowest BCUT2D eigenvalue weighted by molar-refractivity contribution is -0.134. The number of piperazine rings is 1. The topological polar surface area (TPSA) is 32.3 Å². The number of likely N-dealkylation sites (N-methyl/N-ethyl adjacent to an activating group) is 1. The van der Waals surface area contributed by atoms with Crippen molar-refractivity contribution in [2.75, 3.05) is 20.1 Å². The molecule has 1 amide bonds. The zero-order valence-corrected chi connectivity index (χ0v) is 8.13. The molecule has 1 aliphatic heterocycles. The summed E-state index contributed by atoms with van der Waals surface area (Å²) < 4.78 is 0. The number of rotatable bonds is 2. The van der Waals surface area contributed by atoms with Gasteiger partial charge in [0.15, 0.2) is 0 Å². The lowest BCUT2D eigenvalue weighted by Gasteiger charge is -2.31. The Balaban J connectivity index is 2.46. The maximum atomic E-state index is 11.5. The van der Waals surface area contributed by atoms with Crippen LogP contribution in [0.25, 0.3) is 0 Å². The van der Waals surface area contributed by atoms with Gasteiger partial charge < -0.3 is 10.2 Å². The van der Waals surface area contributed by atoms with E-state index in [2.05, 4.69) is 19.2 Å². The predicted molar refractivity (Wildman–Crippen MR) is 48.9 cm³/mol. The van der Waals surface area contributed by atoms with Crippen LogP contribution < -0.4 is 5.32 Å². The number of carbonyl (C=O) groups is 1. The van der Waals surface area contributed by atoms with Crippen LogP contribution in [-0.2, 0) is 4.79 Å². The normalized spacial score (nSPS) is 25.2. The van der Waals surface area contributed by atoms with E-state index in [0.29, 0.717) is 5.92 Å². The number of amides is 1. The summed E-state index contributed by atoms with van der Waals surface area (Å²) in [5.74, 6) is 0.827. The first kappa shape index (κ1) is 9.52. The van der Waals surface area contributed by atoms with Crippen molar-refractivity contribution >= 4 is 5.91 Å². The van der Waals surface area contributed by atoms with Crippen LogP contribution in [0, 0.1) is 5.92 Å². The zero-order valence-electron chi connectivity index (χ0n) is 8.13. The third kappa shape index (κ3) is 2.21.